The number of hydrogen-bond donors (Lipinski definition) is 1. The molecule has 0 atom stereocenters. The summed E-state index contributed by atoms with van der Waals surface area (Å²) >= 11 is 8.33. The molecule has 0 aliphatic carbocycles. The quantitative estimate of drug-likeness (QED) is 0.236. The molecule has 0 fully saturated rings. The summed E-state index contributed by atoms with van der Waals surface area (Å²) in [5, 5.41) is 3.55. The molecule has 0 saturated heterocycles. The van der Waals surface area contributed by atoms with Gasteiger partial charge in [0.05, 0.1) is 10.7 Å². The van der Waals surface area contributed by atoms with Crippen molar-refractivity contribution in [3.05, 3.63) is 89.5 Å². The molecule has 1 heterocycles. The number of nitrogens with one attached hydrogen (secondary N) is 1. The van der Waals surface area contributed by atoms with Crippen LogP contribution in [0, 0.1) is 0 Å². The van der Waals surface area contributed by atoms with Crippen LogP contribution in [0.5, 0.6) is 0 Å². The fraction of sp³-hybridized carbons (Fsp3) is 0.148. The van der Waals surface area contributed by atoms with E-state index in [1.165, 1.54) is 10.5 Å². The van der Waals surface area contributed by atoms with Crippen molar-refractivity contribution in [2.45, 2.75) is 24.7 Å². The first-order valence-corrected chi connectivity index (χ1v) is 11.8. The molecule has 0 saturated carbocycles. The van der Waals surface area contributed by atoms with Gasteiger partial charge in [-0.15, -0.1) is 18.3 Å². The molecular weight excluding hydrogens is 422 g/mol. The van der Waals surface area contributed by atoms with Gasteiger partial charge in [0.2, 0.25) is 0 Å². The van der Waals surface area contributed by atoms with Gasteiger partial charge in [0.15, 0.2) is 0 Å². The number of thioether (sulfide) groups is 1. The molecule has 1 amide bonds. The Morgan fingerprint density at radius 1 is 1.00 bits per heavy atom. The third kappa shape index (κ3) is 4.63. The van der Waals surface area contributed by atoms with Crippen LogP contribution in [0.1, 0.15) is 25.3 Å². The van der Waals surface area contributed by atoms with Gasteiger partial charge in [-0.3, -0.25) is 4.79 Å². The zero-order valence-corrected chi connectivity index (χ0v) is 19.2. The van der Waals surface area contributed by atoms with Crippen LogP contribution in [0.4, 0.5) is 5.69 Å². The van der Waals surface area contributed by atoms with Gasteiger partial charge in [-0.1, -0.05) is 59.6 Å². The number of allylic oxidation sites excluding steroid dienone is 2. The second-order valence-corrected chi connectivity index (χ2v) is 9.04. The summed E-state index contributed by atoms with van der Waals surface area (Å²) in [6.45, 7) is 5.94. The minimum atomic E-state index is -0.0750. The number of rotatable bonds is 6. The maximum Gasteiger partial charge on any atom is 0.256 e. The number of carbonyl (C=O) groups is 1. The number of halogens is 1. The third-order valence-electron chi connectivity index (χ3n) is 5.43. The average molecular weight is 446 g/mol. The van der Waals surface area contributed by atoms with Crippen molar-refractivity contribution in [3.63, 3.8) is 0 Å². The summed E-state index contributed by atoms with van der Waals surface area (Å²) in [6, 6.07) is 20.8. The summed E-state index contributed by atoms with van der Waals surface area (Å²) in [5.74, 6) is -0.0750. The van der Waals surface area contributed by atoms with Gasteiger partial charge in [-0.05, 0) is 67.0 Å². The molecule has 3 aromatic carbocycles. The van der Waals surface area contributed by atoms with E-state index in [-0.39, 0.29) is 5.91 Å². The van der Waals surface area contributed by atoms with Crippen LogP contribution in [-0.2, 0) is 4.79 Å². The average Bonchev–Trinajstić information content (AvgIpc) is 3.07. The van der Waals surface area contributed by atoms with E-state index < -0.39 is 0 Å². The predicted octanol–water partition coefficient (Wildman–Crippen LogP) is 8.09. The first-order valence-electron chi connectivity index (χ1n) is 10.2. The summed E-state index contributed by atoms with van der Waals surface area (Å²) in [5.41, 5.74) is 7.78. The molecule has 0 unspecified atom stereocenters. The molecule has 4 heteroatoms. The molecule has 0 aromatic heterocycles. The summed E-state index contributed by atoms with van der Waals surface area (Å²) in [7, 11) is 0. The monoisotopic (exact) mass is 445 g/mol. The summed E-state index contributed by atoms with van der Waals surface area (Å²) < 4.78 is 0. The van der Waals surface area contributed by atoms with Gasteiger partial charge in [0, 0.05) is 21.6 Å². The molecule has 0 radical (unpaired) electrons. The molecule has 31 heavy (non-hydrogen) atoms. The van der Waals surface area contributed by atoms with Crippen LogP contribution in [0.15, 0.2) is 83.8 Å². The molecule has 3 aromatic rings. The van der Waals surface area contributed by atoms with Gasteiger partial charge in [-0.25, -0.2) is 0 Å². The van der Waals surface area contributed by atoms with Crippen molar-refractivity contribution < 1.29 is 4.79 Å². The predicted molar refractivity (Wildman–Crippen MR) is 135 cm³/mol. The van der Waals surface area contributed by atoms with Crippen LogP contribution in [0.3, 0.4) is 0 Å². The van der Waals surface area contributed by atoms with Gasteiger partial charge in [-0.2, -0.15) is 0 Å². The molecule has 4 rings (SSSR count). The molecule has 1 N–H and O–H groups in total. The Morgan fingerprint density at radius 3 is 2.23 bits per heavy atom. The van der Waals surface area contributed by atoms with E-state index in [1.54, 1.807) is 11.8 Å². The Labute approximate surface area is 193 Å². The van der Waals surface area contributed by atoms with Gasteiger partial charge >= 0.3 is 0 Å². The SMILES string of the molecule is C=C(C)CC/C=C1\C(=O)Nc2cc(Cl)c(-c3ccc(-c4ccc(SC)cc4)cc3)cc21. The number of amides is 1. The van der Waals surface area contributed by atoms with E-state index in [1.807, 2.05) is 25.1 Å². The third-order valence-corrected chi connectivity index (χ3v) is 6.49. The number of fused-ring (bicyclic) bond motifs is 1. The van der Waals surface area contributed by atoms with Gasteiger partial charge in [0.25, 0.3) is 5.91 Å². The van der Waals surface area contributed by atoms with Gasteiger partial charge < -0.3 is 5.32 Å². The normalized spacial score (nSPS) is 13.9. The number of hydrogen-bond acceptors (Lipinski definition) is 2. The lowest BCUT2D eigenvalue weighted by Crippen LogP contribution is -2.03. The zero-order valence-electron chi connectivity index (χ0n) is 17.7. The number of anilines is 1. The Morgan fingerprint density at radius 2 is 1.61 bits per heavy atom. The molecule has 0 spiro atoms. The first kappa shape index (κ1) is 21.5. The van der Waals surface area contributed by atoms with Crippen molar-refractivity contribution in [2.75, 3.05) is 11.6 Å². The highest BCUT2D eigenvalue weighted by Crippen LogP contribution is 2.40. The lowest BCUT2D eigenvalue weighted by Gasteiger charge is -2.10. The minimum Gasteiger partial charge on any atom is -0.321 e. The lowest BCUT2D eigenvalue weighted by molar-refractivity contribution is -0.110. The summed E-state index contributed by atoms with van der Waals surface area (Å²) in [6.07, 6.45) is 5.73. The zero-order chi connectivity index (χ0) is 22.0. The highest BCUT2D eigenvalue weighted by atomic mass is 35.5. The highest BCUT2D eigenvalue weighted by Gasteiger charge is 2.25. The van der Waals surface area contributed by atoms with Crippen LogP contribution in [0.25, 0.3) is 27.8 Å². The van der Waals surface area contributed by atoms with Crippen molar-refractivity contribution >= 4 is 40.5 Å². The highest BCUT2D eigenvalue weighted by molar-refractivity contribution is 7.98. The standard InChI is InChI=1S/C27H24ClNOS/c1-17(2)5-4-6-22-24-15-23(25(28)16-26(24)29-27(22)30)20-9-7-18(8-10-20)19-11-13-21(31-3)14-12-19/h6-16H,1,4-5H2,2-3H3,(H,29,30)/b22-6-. The first-order chi connectivity index (χ1) is 15.0. The second kappa shape index (κ2) is 9.17. The van der Waals surface area contributed by atoms with E-state index in [2.05, 4.69) is 66.7 Å². The van der Waals surface area contributed by atoms with E-state index >= 15 is 0 Å². The van der Waals surface area contributed by atoms with Crippen molar-refractivity contribution in [2.24, 2.45) is 0 Å². The van der Waals surface area contributed by atoms with Crippen LogP contribution in [0.2, 0.25) is 5.02 Å². The van der Waals surface area contributed by atoms with E-state index in [4.69, 9.17) is 11.6 Å². The molecular formula is C27H24ClNOS. The van der Waals surface area contributed by atoms with Crippen molar-refractivity contribution in [1.82, 2.24) is 0 Å². The Bertz CT molecular complexity index is 1180. The van der Waals surface area contributed by atoms with E-state index in [0.29, 0.717) is 10.6 Å². The molecule has 0 bridgehead atoms. The summed E-state index contributed by atoms with van der Waals surface area (Å²) in [4.78, 5) is 13.7. The Balaban J connectivity index is 1.65. The Kier molecular flexibility index (Phi) is 6.35. The smallest absolute Gasteiger partial charge is 0.256 e. The van der Waals surface area contributed by atoms with E-state index in [9.17, 15) is 4.79 Å². The number of benzene rings is 3. The molecule has 156 valence electrons. The van der Waals surface area contributed by atoms with Crippen LogP contribution >= 0.6 is 23.4 Å². The maximum atomic E-state index is 12.5. The second-order valence-electron chi connectivity index (χ2n) is 7.75. The molecule has 1 aliphatic heterocycles. The maximum absolute atomic E-state index is 12.5. The van der Waals surface area contributed by atoms with Crippen LogP contribution in [-0.4, -0.2) is 12.2 Å². The lowest BCUT2D eigenvalue weighted by atomic mass is 9.96. The van der Waals surface area contributed by atoms with Crippen molar-refractivity contribution in [1.29, 1.82) is 0 Å². The minimum absolute atomic E-state index is 0.0750. The van der Waals surface area contributed by atoms with Gasteiger partial charge in [0.1, 0.15) is 0 Å². The van der Waals surface area contributed by atoms with E-state index in [0.717, 1.165) is 46.4 Å². The molecule has 1 aliphatic rings. The fourth-order valence-electron chi connectivity index (χ4n) is 3.72. The topological polar surface area (TPSA) is 29.1 Å². The largest absolute Gasteiger partial charge is 0.321 e. The number of carbonyl (C=O) groups excluding carboxylic acids is 1. The fourth-order valence-corrected chi connectivity index (χ4v) is 4.40. The van der Waals surface area contributed by atoms with Crippen LogP contribution < -0.4 is 5.32 Å². The van der Waals surface area contributed by atoms with Crippen molar-refractivity contribution in [3.8, 4) is 22.3 Å². The Hall–Kier alpha value is -2.75. The molecule has 2 nitrogen and oxygen atoms in total.